The summed E-state index contributed by atoms with van der Waals surface area (Å²) in [5, 5.41) is 0.224. The van der Waals surface area contributed by atoms with Crippen LogP contribution < -0.4 is 9.46 Å². The van der Waals surface area contributed by atoms with Gasteiger partial charge in [-0.3, -0.25) is 4.72 Å². The van der Waals surface area contributed by atoms with Gasteiger partial charge < -0.3 is 4.74 Å². The predicted molar refractivity (Wildman–Crippen MR) is 114 cm³/mol. The number of nitrogens with zero attached hydrogens (tertiary/aromatic N) is 2. The van der Waals surface area contributed by atoms with E-state index in [1.807, 2.05) is 54.6 Å². The van der Waals surface area contributed by atoms with E-state index in [1.54, 1.807) is 19.1 Å². The van der Waals surface area contributed by atoms with Crippen LogP contribution in [0.2, 0.25) is 0 Å². The highest BCUT2D eigenvalue weighted by Gasteiger charge is 2.19. The Morgan fingerprint density at radius 3 is 2.45 bits per heavy atom. The van der Waals surface area contributed by atoms with E-state index in [0.29, 0.717) is 17.1 Å². The lowest BCUT2D eigenvalue weighted by molar-refractivity contribution is 0.483. The number of aryl methyl sites for hydroxylation is 1. The monoisotopic (exact) mass is 423 g/mol. The summed E-state index contributed by atoms with van der Waals surface area (Å²) >= 11 is 0.979. The lowest BCUT2D eigenvalue weighted by Gasteiger charge is -2.13. The van der Waals surface area contributed by atoms with Crippen molar-refractivity contribution in [2.75, 3.05) is 4.72 Å². The molecule has 0 radical (unpaired) electrons. The van der Waals surface area contributed by atoms with Gasteiger partial charge in [0.1, 0.15) is 17.8 Å². The Balaban J connectivity index is 1.62. The van der Waals surface area contributed by atoms with Gasteiger partial charge >= 0.3 is 0 Å². The van der Waals surface area contributed by atoms with Gasteiger partial charge in [0.05, 0.1) is 4.90 Å². The minimum atomic E-state index is -3.75. The van der Waals surface area contributed by atoms with Crippen LogP contribution >= 0.6 is 11.5 Å². The quantitative estimate of drug-likeness (QED) is 0.466. The molecule has 0 saturated carbocycles. The van der Waals surface area contributed by atoms with Gasteiger partial charge in [-0.05, 0) is 42.3 Å². The summed E-state index contributed by atoms with van der Waals surface area (Å²) in [6.45, 7) is 1.73. The van der Waals surface area contributed by atoms with Crippen LogP contribution in [-0.4, -0.2) is 17.8 Å². The van der Waals surface area contributed by atoms with E-state index in [1.165, 1.54) is 12.4 Å². The molecule has 6 nitrogen and oxygen atoms in total. The molecule has 1 N–H and O–H groups in total. The van der Waals surface area contributed by atoms with Crippen LogP contribution in [0.4, 0.5) is 5.13 Å². The van der Waals surface area contributed by atoms with Crippen LogP contribution in [-0.2, 0) is 10.0 Å². The van der Waals surface area contributed by atoms with Crippen LogP contribution in [0.5, 0.6) is 11.5 Å². The molecule has 0 bridgehead atoms. The molecule has 0 aliphatic rings. The first-order valence-corrected chi connectivity index (χ1v) is 11.0. The van der Waals surface area contributed by atoms with Crippen molar-refractivity contribution < 1.29 is 13.2 Å². The number of rotatable bonds is 6. The highest BCUT2D eigenvalue weighted by Crippen LogP contribution is 2.34. The second-order valence-corrected chi connectivity index (χ2v) is 8.67. The molecule has 0 aliphatic carbocycles. The molecule has 1 heterocycles. The van der Waals surface area contributed by atoms with Crippen molar-refractivity contribution in [3.63, 3.8) is 0 Å². The predicted octanol–water partition coefficient (Wildman–Crippen LogP) is 5.11. The number of hydrogen-bond donors (Lipinski definition) is 1. The molecule has 29 heavy (non-hydrogen) atoms. The third-order valence-electron chi connectivity index (χ3n) is 4.22. The Morgan fingerprint density at radius 2 is 1.72 bits per heavy atom. The molecule has 4 aromatic rings. The zero-order chi connectivity index (χ0) is 20.3. The van der Waals surface area contributed by atoms with Crippen molar-refractivity contribution in [1.82, 2.24) is 9.36 Å². The lowest BCUT2D eigenvalue weighted by Crippen LogP contribution is -2.14. The van der Waals surface area contributed by atoms with Crippen LogP contribution in [0.1, 0.15) is 5.56 Å². The lowest BCUT2D eigenvalue weighted by atomic mass is 10.0. The smallest absolute Gasteiger partial charge is 0.263 e. The third kappa shape index (κ3) is 4.28. The summed E-state index contributed by atoms with van der Waals surface area (Å²) < 4.78 is 37.5. The van der Waals surface area contributed by atoms with E-state index in [2.05, 4.69) is 14.1 Å². The molecule has 146 valence electrons. The maximum absolute atomic E-state index is 12.6. The molecule has 0 spiro atoms. The number of aromatic nitrogens is 2. The largest absolute Gasteiger partial charge is 0.457 e. The van der Waals surface area contributed by atoms with Crippen LogP contribution in [0.3, 0.4) is 0 Å². The Labute approximate surface area is 173 Å². The number of hydrogen-bond acceptors (Lipinski definition) is 6. The van der Waals surface area contributed by atoms with Crippen molar-refractivity contribution in [1.29, 1.82) is 0 Å². The van der Waals surface area contributed by atoms with Crippen LogP contribution in [0.25, 0.3) is 11.1 Å². The van der Waals surface area contributed by atoms with Gasteiger partial charge in [0, 0.05) is 17.1 Å². The van der Waals surface area contributed by atoms with Crippen molar-refractivity contribution >= 4 is 26.7 Å². The summed E-state index contributed by atoms with van der Waals surface area (Å²) in [4.78, 5) is 4.02. The molecule has 1 aromatic heterocycles. The highest BCUT2D eigenvalue weighted by atomic mass is 32.2. The number of anilines is 1. The number of para-hydroxylation sites is 1. The molecular weight excluding hydrogens is 406 g/mol. The SMILES string of the molecule is Cc1cc(Oc2ccccc2-c2ccccc2)ccc1S(=O)(=O)Nc1ncns1. The molecule has 4 rings (SSSR count). The summed E-state index contributed by atoms with van der Waals surface area (Å²) in [7, 11) is -3.75. The van der Waals surface area contributed by atoms with Crippen molar-refractivity contribution in [3.05, 3.63) is 84.7 Å². The first kappa shape index (κ1) is 19.1. The highest BCUT2D eigenvalue weighted by molar-refractivity contribution is 7.93. The summed E-state index contributed by atoms with van der Waals surface area (Å²) in [6.07, 6.45) is 1.30. The topological polar surface area (TPSA) is 81.2 Å². The maximum atomic E-state index is 12.6. The van der Waals surface area contributed by atoms with E-state index >= 15 is 0 Å². The van der Waals surface area contributed by atoms with Crippen LogP contribution in [0, 0.1) is 6.92 Å². The first-order chi connectivity index (χ1) is 14.0. The Hall–Kier alpha value is -3.23. The molecule has 0 atom stereocenters. The second kappa shape index (κ2) is 8.02. The fraction of sp³-hybridized carbons (Fsp3) is 0.0476. The fourth-order valence-corrected chi connectivity index (χ4v) is 4.80. The Bertz CT molecular complexity index is 1230. The van der Waals surface area contributed by atoms with E-state index < -0.39 is 10.0 Å². The molecule has 3 aromatic carbocycles. The van der Waals surface area contributed by atoms with E-state index in [0.717, 1.165) is 22.7 Å². The number of nitrogens with one attached hydrogen (secondary N) is 1. The summed E-state index contributed by atoms with van der Waals surface area (Å²) in [6, 6.07) is 22.5. The van der Waals surface area contributed by atoms with Gasteiger partial charge in [-0.2, -0.15) is 4.37 Å². The summed E-state index contributed by atoms with van der Waals surface area (Å²) in [5.41, 5.74) is 2.57. The molecule has 0 fully saturated rings. The van der Waals surface area contributed by atoms with Crippen LogP contribution in [0.15, 0.2) is 84.0 Å². The molecule has 0 amide bonds. The van der Waals surface area contributed by atoms with Crippen molar-refractivity contribution in [2.45, 2.75) is 11.8 Å². The van der Waals surface area contributed by atoms with Gasteiger partial charge in [0.15, 0.2) is 0 Å². The maximum Gasteiger partial charge on any atom is 0.263 e. The third-order valence-corrected chi connectivity index (χ3v) is 6.43. The molecule has 0 aliphatic heterocycles. The molecule has 0 saturated heterocycles. The van der Waals surface area contributed by atoms with Gasteiger partial charge in [0.2, 0.25) is 5.13 Å². The standard InChI is InChI=1S/C21H17N3O3S2/c1-15-13-17(11-12-20(15)29(25,26)24-21-22-14-23-28-21)27-19-10-6-5-9-18(19)16-7-3-2-4-8-16/h2-14H,1H3,(H,22,23,24). The van der Waals surface area contributed by atoms with E-state index in [-0.39, 0.29) is 10.0 Å². The number of benzene rings is 3. The molecular formula is C21H17N3O3S2. The average molecular weight is 424 g/mol. The summed E-state index contributed by atoms with van der Waals surface area (Å²) in [5.74, 6) is 1.25. The number of ether oxygens (including phenoxy) is 1. The van der Waals surface area contributed by atoms with Crippen molar-refractivity contribution in [3.8, 4) is 22.6 Å². The molecule has 0 unspecified atom stereocenters. The van der Waals surface area contributed by atoms with Gasteiger partial charge in [0.25, 0.3) is 10.0 Å². The second-order valence-electron chi connectivity index (χ2n) is 6.24. The molecule has 8 heteroatoms. The fourth-order valence-electron chi connectivity index (χ4n) is 2.91. The average Bonchev–Trinajstić information content (AvgIpc) is 3.21. The zero-order valence-electron chi connectivity index (χ0n) is 15.4. The van der Waals surface area contributed by atoms with Gasteiger partial charge in [-0.15, -0.1) is 0 Å². The van der Waals surface area contributed by atoms with E-state index in [4.69, 9.17) is 4.74 Å². The van der Waals surface area contributed by atoms with Crippen molar-refractivity contribution in [2.24, 2.45) is 0 Å². The normalized spacial score (nSPS) is 11.2. The van der Waals surface area contributed by atoms with Gasteiger partial charge in [-0.1, -0.05) is 48.5 Å². The Morgan fingerprint density at radius 1 is 0.966 bits per heavy atom. The minimum Gasteiger partial charge on any atom is -0.457 e. The number of sulfonamides is 1. The Kier molecular flexibility index (Phi) is 5.28. The van der Waals surface area contributed by atoms with Gasteiger partial charge in [-0.25, -0.2) is 13.4 Å². The minimum absolute atomic E-state index is 0.163. The first-order valence-electron chi connectivity index (χ1n) is 8.75. The van der Waals surface area contributed by atoms with E-state index in [9.17, 15) is 8.42 Å². The zero-order valence-corrected chi connectivity index (χ0v) is 17.1.